The van der Waals surface area contributed by atoms with Crippen molar-refractivity contribution in [3.63, 3.8) is 0 Å². The minimum absolute atomic E-state index is 0.182. The largest absolute Gasteiger partial charge is 0.496 e. The van der Waals surface area contributed by atoms with Crippen LogP contribution in [0.25, 0.3) is 0 Å². The van der Waals surface area contributed by atoms with E-state index in [1.54, 1.807) is 6.92 Å². The summed E-state index contributed by atoms with van der Waals surface area (Å²) >= 11 is 0. The summed E-state index contributed by atoms with van der Waals surface area (Å²) in [5, 5.41) is 0. The standard InChI is InChI=1S/C17H23F3O3/c1-5-23-15(21)11-16(2,3)9-8-12-6-7-13(17(18,19)20)14(10-12)22-4/h6-7,10H,5,8-9,11H2,1-4H3. The van der Waals surface area contributed by atoms with E-state index in [9.17, 15) is 18.0 Å². The Bertz CT molecular complexity index is 536. The summed E-state index contributed by atoms with van der Waals surface area (Å²) in [6.45, 7) is 5.96. The number of rotatable bonds is 7. The molecule has 1 aromatic rings. The number of esters is 1. The van der Waals surface area contributed by atoms with Crippen LogP contribution in [0.5, 0.6) is 5.75 Å². The van der Waals surface area contributed by atoms with Gasteiger partial charge in [-0.15, -0.1) is 0 Å². The highest BCUT2D eigenvalue weighted by Gasteiger charge is 2.34. The van der Waals surface area contributed by atoms with Crippen molar-refractivity contribution >= 4 is 5.97 Å². The van der Waals surface area contributed by atoms with Crippen LogP contribution in [0.4, 0.5) is 13.2 Å². The summed E-state index contributed by atoms with van der Waals surface area (Å²) in [6, 6.07) is 3.89. The highest BCUT2D eigenvalue weighted by atomic mass is 19.4. The molecular weight excluding hydrogens is 309 g/mol. The predicted molar refractivity (Wildman–Crippen MR) is 81.3 cm³/mol. The molecule has 0 bridgehead atoms. The third-order valence-electron chi connectivity index (χ3n) is 3.59. The van der Waals surface area contributed by atoms with Crippen molar-refractivity contribution in [2.24, 2.45) is 5.41 Å². The van der Waals surface area contributed by atoms with Crippen molar-refractivity contribution in [2.75, 3.05) is 13.7 Å². The first-order chi connectivity index (χ1) is 10.6. The predicted octanol–water partition coefficient (Wildman–Crippen LogP) is 4.63. The van der Waals surface area contributed by atoms with Crippen LogP contribution in [-0.2, 0) is 22.1 Å². The van der Waals surface area contributed by atoms with Gasteiger partial charge in [0.1, 0.15) is 5.75 Å². The van der Waals surface area contributed by atoms with Crippen LogP contribution in [-0.4, -0.2) is 19.7 Å². The number of ether oxygens (including phenoxy) is 2. The van der Waals surface area contributed by atoms with Crippen LogP contribution in [0.15, 0.2) is 18.2 Å². The van der Waals surface area contributed by atoms with E-state index in [4.69, 9.17) is 9.47 Å². The molecule has 6 heteroatoms. The lowest BCUT2D eigenvalue weighted by Gasteiger charge is -2.23. The summed E-state index contributed by atoms with van der Waals surface area (Å²) in [4.78, 5) is 11.6. The molecule has 0 spiro atoms. The van der Waals surface area contributed by atoms with Gasteiger partial charge >= 0.3 is 12.1 Å². The lowest BCUT2D eigenvalue weighted by atomic mass is 9.83. The topological polar surface area (TPSA) is 35.5 Å². The fourth-order valence-corrected chi connectivity index (χ4v) is 2.30. The number of carbonyl (C=O) groups is 1. The van der Waals surface area contributed by atoms with Crippen LogP contribution in [0.3, 0.4) is 0 Å². The number of benzene rings is 1. The number of aryl methyl sites for hydroxylation is 1. The maximum absolute atomic E-state index is 12.8. The Hall–Kier alpha value is -1.72. The number of methoxy groups -OCH3 is 1. The highest BCUT2D eigenvalue weighted by molar-refractivity contribution is 5.70. The SMILES string of the molecule is CCOC(=O)CC(C)(C)CCc1ccc(C(F)(F)F)c(OC)c1. The summed E-state index contributed by atoms with van der Waals surface area (Å²) in [7, 11) is 1.22. The molecule has 0 fully saturated rings. The first-order valence-electron chi connectivity index (χ1n) is 7.49. The van der Waals surface area contributed by atoms with Crippen molar-refractivity contribution in [1.82, 2.24) is 0 Å². The van der Waals surface area contributed by atoms with E-state index in [0.717, 1.165) is 11.6 Å². The number of carbonyl (C=O) groups excluding carboxylic acids is 1. The zero-order chi connectivity index (χ0) is 17.7. The second-order valence-corrected chi connectivity index (χ2v) is 6.18. The van der Waals surface area contributed by atoms with Gasteiger partial charge in [-0.3, -0.25) is 4.79 Å². The first-order valence-corrected chi connectivity index (χ1v) is 7.49. The van der Waals surface area contributed by atoms with Crippen LogP contribution in [0.2, 0.25) is 0 Å². The van der Waals surface area contributed by atoms with E-state index in [0.29, 0.717) is 19.4 Å². The summed E-state index contributed by atoms with van der Waals surface area (Å²) < 4.78 is 48.3. The van der Waals surface area contributed by atoms with Crippen LogP contribution >= 0.6 is 0 Å². The summed E-state index contributed by atoms with van der Waals surface area (Å²) in [5.74, 6) is -0.444. The van der Waals surface area contributed by atoms with Crippen molar-refractivity contribution < 1.29 is 27.4 Å². The monoisotopic (exact) mass is 332 g/mol. The maximum Gasteiger partial charge on any atom is 0.419 e. The van der Waals surface area contributed by atoms with Gasteiger partial charge in [0.05, 0.1) is 25.7 Å². The molecule has 0 unspecified atom stereocenters. The molecule has 0 saturated heterocycles. The molecule has 0 aliphatic carbocycles. The second-order valence-electron chi connectivity index (χ2n) is 6.18. The average Bonchev–Trinajstić information content (AvgIpc) is 2.43. The fourth-order valence-electron chi connectivity index (χ4n) is 2.30. The Labute approximate surface area is 134 Å². The minimum atomic E-state index is -4.44. The number of hydrogen-bond acceptors (Lipinski definition) is 3. The second kappa shape index (κ2) is 7.70. The van der Waals surface area contributed by atoms with Gasteiger partial charge in [0.25, 0.3) is 0 Å². The van der Waals surface area contributed by atoms with Crippen molar-refractivity contribution in [1.29, 1.82) is 0 Å². The van der Waals surface area contributed by atoms with Crippen molar-refractivity contribution in [3.8, 4) is 5.75 Å². The molecule has 0 heterocycles. The Morgan fingerprint density at radius 3 is 2.39 bits per heavy atom. The molecule has 0 amide bonds. The van der Waals surface area contributed by atoms with Gasteiger partial charge in [0.15, 0.2) is 0 Å². The van der Waals surface area contributed by atoms with E-state index in [2.05, 4.69) is 0 Å². The lowest BCUT2D eigenvalue weighted by molar-refractivity contribution is -0.145. The van der Waals surface area contributed by atoms with Crippen molar-refractivity contribution in [3.05, 3.63) is 29.3 Å². The molecule has 0 aromatic heterocycles. The quantitative estimate of drug-likeness (QED) is 0.683. The van der Waals surface area contributed by atoms with E-state index >= 15 is 0 Å². The van der Waals surface area contributed by atoms with Crippen LogP contribution < -0.4 is 4.74 Å². The fraction of sp³-hybridized carbons (Fsp3) is 0.588. The van der Waals surface area contributed by atoms with Gasteiger partial charge in [0.2, 0.25) is 0 Å². The van der Waals surface area contributed by atoms with E-state index in [1.165, 1.54) is 19.2 Å². The molecule has 23 heavy (non-hydrogen) atoms. The molecule has 130 valence electrons. The lowest BCUT2D eigenvalue weighted by Crippen LogP contribution is -2.19. The summed E-state index contributed by atoms with van der Waals surface area (Å²) in [5.41, 5.74) is -0.330. The Morgan fingerprint density at radius 2 is 1.87 bits per heavy atom. The molecule has 3 nitrogen and oxygen atoms in total. The van der Waals surface area contributed by atoms with E-state index in [-0.39, 0.29) is 23.6 Å². The Morgan fingerprint density at radius 1 is 1.22 bits per heavy atom. The molecule has 1 rings (SSSR count). The average molecular weight is 332 g/mol. The zero-order valence-corrected chi connectivity index (χ0v) is 13.9. The van der Waals surface area contributed by atoms with Crippen molar-refractivity contribution in [2.45, 2.75) is 46.2 Å². The van der Waals surface area contributed by atoms with Gasteiger partial charge < -0.3 is 9.47 Å². The van der Waals surface area contributed by atoms with Gasteiger partial charge in [-0.25, -0.2) is 0 Å². The molecule has 0 N–H and O–H groups in total. The smallest absolute Gasteiger partial charge is 0.419 e. The molecule has 0 radical (unpaired) electrons. The highest BCUT2D eigenvalue weighted by Crippen LogP contribution is 2.37. The third kappa shape index (κ3) is 6.12. The summed E-state index contributed by atoms with van der Waals surface area (Å²) in [6.07, 6.45) is -2.95. The third-order valence-corrected chi connectivity index (χ3v) is 3.59. The first kappa shape index (κ1) is 19.3. The van der Waals surface area contributed by atoms with Gasteiger partial charge in [-0.1, -0.05) is 19.9 Å². The van der Waals surface area contributed by atoms with Crippen LogP contribution in [0.1, 0.15) is 44.7 Å². The normalized spacial score (nSPS) is 12.1. The molecule has 1 aromatic carbocycles. The maximum atomic E-state index is 12.8. The molecule has 0 aliphatic rings. The number of halogens is 3. The Kier molecular flexibility index (Phi) is 6.47. The minimum Gasteiger partial charge on any atom is -0.496 e. The molecule has 0 aliphatic heterocycles. The Balaban J connectivity index is 2.76. The van der Waals surface area contributed by atoms with Gasteiger partial charge in [-0.2, -0.15) is 13.2 Å². The number of hydrogen-bond donors (Lipinski definition) is 0. The van der Waals surface area contributed by atoms with E-state index < -0.39 is 11.7 Å². The molecule has 0 saturated carbocycles. The number of alkyl halides is 3. The van der Waals surface area contributed by atoms with Gasteiger partial charge in [-0.05, 0) is 42.9 Å². The van der Waals surface area contributed by atoms with Gasteiger partial charge in [0, 0.05) is 0 Å². The molecule has 0 atom stereocenters. The van der Waals surface area contributed by atoms with Crippen LogP contribution in [0, 0.1) is 5.41 Å². The van der Waals surface area contributed by atoms with E-state index in [1.807, 2.05) is 13.8 Å². The molecular formula is C17H23F3O3. The zero-order valence-electron chi connectivity index (χ0n) is 13.9.